The molecule has 2 heterocycles. The fourth-order valence-electron chi connectivity index (χ4n) is 1.74. The van der Waals surface area contributed by atoms with Crippen LogP contribution in [-0.4, -0.2) is 20.2 Å². The van der Waals surface area contributed by atoms with E-state index in [9.17, 15) is 4.39 Å². The lowest BCUT2D eigenvalue weighted by Gasteiger charge is -2.01. The molecule has 0 amide bonds. The topological polar surface area (TPSA) is 66.5 Å². The van der Waals surface area contributed by atoms with E-state index in [4.69, 9.17) is 0 Å². The number of nitrogens with zero attached hydrogens (tertiary/aromatic N) is 3. The molecule has 0 aliphatic rings. The van der Waals surface area contributed by atoms with E-state index in [1.54, 1.807) is 18.3 Å². The highest BCUT2D eigenvalue weighted by molar-refractivity contribution is 5.50. The normalized spacial score (nSPS) is 10.4. The lowest BCUT2D eigenvalue weighted by atomic mass is 10.2. The van der Waals surface area contributed by atoms with Crippen LogP contribution in [0.5, 0.6) is 0 Å². The Kier molecular flexibility index (Phi) is 3.36. The zero-order valence-electron chi connectivity index (χ0n) is 10.5. The van der Waals surface area contributed by atoms with Crippen molar-refractivity contribution >= 4 is 5.95 Å². The first kappa shape index (κ1) is 12.3. The van der Waals surface area contributed by atoms with Gasteiger partial charge in [0.25, 0.3) is 0 Å². The first-order valence-electron chi connectivity index (χ1n) is 6.13. The number of hydrogen-bond donors (Lipinski definition) is 2. The van der Waals surface area contributed by atoms with Crippen LogP contribution >= 0.6 is 0 Å². The van der Waals surface area contributed by atoms with Crippen molar-refractivity contribution in [2.24, 2.45) is 0 Å². The number of benzene rings is 1. The first-order chi connectivity index (χ1) is 9.81. The summed E-state index contributed by atoms with van der Waals surface area (Å²) in [5, 5.41) is 9.98. The van der Waals surface area contributed by atoms with Crippen molar-refractivity contribution in [3.05, 3.63) is 60.0 Å². The van der Waals surface area contributed by atoms with Gasteiger partial charge in [-0.05, 0) is 29.8 Å². The number of aromatic nitrogens is 4. The number of aromatic amines is 1. The molecule has 100 valence electrons. The third-order valence-electron chi connectivity index (χ3n) is 2.75. The molecule has 0 bridgehead atoms. The number of anilines is 1. The molecule has 0 aliphatic carbocycles. The Bertz CT molecular complexity index is 678. The number of rotatable bonds is 4. The molecule has 2 N–H and O–H groups in total. The van der Waals surface area contributed by atoms with Crippen LogP contribution in [0.15, 0.2) is 48.7 Å². The van der Waals surface area contributed by atoms with Crippen molar-refractivity contribution in [2.45, 2.75) is 6.54 Å². The molecule has 3 aromatic rings. The molecule has 0 saturated carbocycles. The van der Waals surface area contributed by atoms with E-state index >= 15 is 0 Å². The summed E-state index contributed by atoms with van der Waals surface area (Å²) in [6, 6.07) is 11.9. The van der Waals surface area contributed by atoms with Gasteiger partial charge in [0.05, 0.1) is 0 Å². The van der Waals surface area contributed by atoms with Gasteiger partial charge >= 0.3 is 0 Å². The molecular formula is C14H12FN5. The zero-order valence-corrected chi connectivity index (χ0v) is 10.5. The summed E-state index contributed by atoms with van der Waals surface area (Å²) >= 11 is 0. The number of nitrogens with one attached hydrogen (secondary N) is 2. The van der Waals surface area contributed by atoms with Crippen molar-refractivity contribution in [2.75, 3.05) is 5.32 Å². The van der Waals surface area contributed by atoms with Gasteiger partial charge in [0, 0.05) is 12.7 Å². The van der Waals surface area contributed by atoms with E-state index in [2.05, 4.69) is 25.5 Å². The Morgan fingerprint density at radius 2 is 1.95 bits per heavy atom. The lowest BCUT2D eigenvalue weighted by Crippen LogP contribution is -2.00. The Balaban J connectivity index is 1.67. The molecule has 0 radical (unpaired) electrons. The van der Waals surface area contributed by atoms with E-state index in [0.717, 1.165) is 5.56 Å². The highest BCUT2D eigenvalue weighted by Crippen LogP contribution is 2.12. The van der Waals surface area contributed by atoms with Gasteiger partial charge in [-0.25, -0.2) is 9.49 Å². The second-order valence-electron chi connectivity index (χ2n) is 4.20. The van der Waals surface area contributed by atoms with Crippen LogP contribution in [0.2, 0.25) is 0 Å². The van der Waals surface area contributed by atoms with Crippen molar-refractivity contribution in [1.29, 1.82) is 0 Å². The van der Waals surface area contributed by atoms with Gasteiger partial charge in [-0.2, -0.15) is 10.1 Å². The lowest BCUT2D eigenvalue weighted by molar-refractivity contribution is 0.627. The van der Waals surface area contributed by atoms with E-state index < -0.39 is 0 Å². The number of pyridine rings is 1. The van der Waals surface area contributed by atoms with E-state index in [0.29, 0.717) is 24.0 Å². The van der Waals surface area contributed by atoms with Gasteiger partial charge in [-0.15, -0.1) is 0 Å². The summed E-state index contributed by atoms with van der Waals surface area (Å²) in [5.74, 6) is 0.841. The van der Waals surface area contributed by atoms with Gasteiger partial charge in [0.2, 0.25) is 11.8 Å². The predicted molar refractivity (Wildman–Crippen MR) is 73.3 cm³/mol. The van der Waals surface area contributed by atoms with Crippen molar-refractivity contribution in [3.63, 3.8) is 0 Å². The average molecular weight is 269 g/mol. The quantitative estimate of drug-likeness (QED) is 0.764. The monoisotopic (exact) mass is 269 g/mol. The van der Waals surface area contributed by atoms with Crippen LogP contribution in [0.3, 0.4) is 0 Å². The van der Waals surface area contributed by atoms with Crippen molar-refractivity contribution in [3.8, 4) is 11.5 Å². The molecule has 0 fully saturated rings. The molecule has 6 heteroatoms. The number of H-pyrrole nitrogens is 1. The maximum atomic E-state index is 12.8. The highest BCUT2D eigenvalue weighted by atomic mass is 19.1. The van der Waals surface area contributed by atoms with Crippen LogP contribution in [-0.2, 0) is 6.54 Å². The molecule has 0 unspecified atom stereocenters. The van der Waals surface area contributed by atoms with Crippen LogP contribution < -0.4 is 5.32 Å². The fraction of sp³-hybridized carbons (Fsp3) is 0.0714. The van der Waals surface area contributed by atoms with Gasteiger partial charge in [-0.3, -0.25) is 4.98 Å². The van der Waals surface area contributed by atoms with E-state index in [1.165, 1.54) is 12.1 Å². The molecule has 5 nitrogen and oxygen atoms in total. The summed E-state index contributed by atoms with van der Waals surface area (Å²) in [6.45, 7) is 0.539. The van der Waals surface area contributed by atoms with Crippen molar-refractivity contribution < 1.29 is 4.39 Å². The molecule has 0 aliphatic heterocycles. The third kappa shape index (κ3) is 2.80. The second kappa shape index (κ2) is 5.48. The summed E-state index contributed by atoms with van der Waals surface area (Å²) in [5.41, 5.74) is 1.67. The molecule has 3 rings (SSSR count). The first-order valence-corrected chi connectivity index (χ1v) is 6.13. The van der Waals surface area contributed by atoms with Crippen LogP contribution in [0.25, 0.3) is 11.5 Å². The summed E-state index contributed by atoms with van der Waals surface area (Å²) in [4.78, 5) is 8.47. The molecule has 1 aromatic carbocycles. The third-order valence-corrected chi connectivity index (χ3v) is 2.75. The van der Waals surface area contributed by atoms with Crippen LogP contribution in [0.1, 0.15) is 5.56 Å². The van der Waals surface area contributed by atoms with Gasteiger partial charge in [0.15, 0.2) is 0 Å². The highest BCUT2D eigenvalue weighted by Gasteiger charge is 2.06. The van der Waals surface area contributed by atoms with Gasteiger partial charge in [0.1, 0.15) is 11.5 Å². The SMILES string of the molecule is Fc1ccc(CNc2nc(-c3ccccn3)n[nH]2)cc1. The molecule has 2 aromatic heterocycles. The molecule has 20 heavy (non-hydrogen) atoms. The van der Waals surface area contributed by atoms with Crippen molar-refractivity contribution in [1.82, 2.24) is 20.2 Å². The maximum Gasteiger partial charge on any atom is 0.219 e. The second-order valence-corrected chi connectivity index (χ2v) is 4.20. The number of halogens is 1. The standard InChI is InChI=1S/C14H12FN5/c15-11-6-4-10(5-7-11)9-17-14-18-13(19-20-14)12-3-1-2-8-16-12/h1-8H,9H2,(H2,17,18,19,20). The van der Waals surface area contributed by atoms with Crippen LogP contribution in [0, 0.1) is 5.82 Å². The minimum absolute atomic E-state index is 0.245. The minimum atomic E-state index is -0.245. The predicted octanol–water partition coefficient (Wildman–Crippen LogP) is 2.62. The van der Waals surface area contributed by atoms with Gasteiger partial charge in [-0.1, -0.05) is 18.2 Å². The maximum absolute atomic E-state index is 12.8. The number of hydrogen-bond acceptors (Lipinski definition) is 4. The molecule has 0 saturated heterocycles. The average Bonchev–Trinajstić information content (AvgIpc) is 2.97. The largest absolute Gasteiger partial charge is 0.351 e. The molecular weight excluding hydrogens is 257 g/mol. The summed E-state index contributed by atoms with van der Waals surface area (Å²) in [6.07, 6.45) is 1.69. The molecule has 0 atom stereocenters. The van der Waals surface area contributed by atoms with Crippen LogP contribution in [0.4, 0.5) is 10.3 Å². The Morgan fingerprint density at radius 1 is 1.10 bits per heavy atom. The molecule has 0 spiro atoms. The fourth-order valence-corrected chi connectivity index (χ4v) is 1.74. The Labute approximate surface area is 114 Å². The summed E-state index contributed by atoms with van der Waals surface area (Å²) in [7, 11) is 0. The smallest absolute Gasteiger partial charge is 0.219 e. The zero-order chi connectivity index (χ0) is 13.8. The van der Waals surface area contributed by atoms with Gasteiger partial charge < -0.3 is 5.32 Å². The Hall–Kier alpha value is -2.76. The van der Waals surface area contributed by atoms with E-state index in [1.807, 2.05) is 18.2 Å². The Morgan fingerprint density at radius 3 is 2.70 bits per heavy atom. The van der Waals surface area contributed by atoms with E-state index in [-0.39, 0.29) is 5.82 Å². The summed E-state index contributed by atoms with van der Waals surface area (Å²) < 4.78 is 12.8. The minimum Gasteiger partial charge on any atom is -0.351 e.